The number of carbonyl (C=O) groups excluding carboxylic acids is 3. The van der Waals surface area contributed by atoms with Gasteiger partial charge in [-0.05, 0) is 55.7 Å². The van der Waals surface area contributed by atoms with Crippen molar-refractivity contribution in [1.82, 2.24) is 4.90 Å². The third kappa shape index (κ3) is 3.52. The molecule has 0 bridgehead atoms. The molecule has 0 N–H and O–H groups in total. The van der Waals surface area contributed by atoms with Crippen LogP contribution in [0.3, 0.4) is 0 Å². The highest BCUT2D eigenvalue weighted by atomic mass is 16.5. The predicted molar refractivity (Wildman–Crippen MR) is 115 cm³/mol. The van der Waals surface area contributed by atoms with Crippen LogP contribution in [-0.4, -0.2) is 55.0 Å². The van der Waals surface area contributed by atoms with Crippen LogP contribution in [0.5, 0.6) is 0 Å². The van der Waals surface area contributed by atoms with Crippen molar-refractivity contribution < 1.29 is 28.6 Å². The summed E-state index contributed by atoms with van der Waals surface area (Å²) >= 11 is 0. The molecule has 1 aromatic rings. The van der Waals surface area contributed by atoms with E-state index in [0.29, 0.717) is 30.2 Å². The molecule has 4 aliphatic rings. The number of hydrogen-bond donors (Lipinski definition) is 0. The van der Waals surface area contributed by atoms with Crippen LogP contribution in [0, 0.1) is 11.8 Å². The van der Waals surface area contributed by atoms with Gasteiger partial charge < -0.3 is 19.1 Å². The number of ketones is 1. The number of rotatable bonds is 4. The maximum absolute atomic E-state index is 13.7. The quantitative estimate of drug-likeness (QED) is 0.670. The van der Waals surface area contributed by atoms with Gasteiger partial charge in [-0.3, -0.25) is 9.59 Å². The number of esters is 1. The Morgan fingerprint density at radius 1 is 1.16 bits per heavy atom. The summed E-state index contributed by atoms with van der Waals surface area (Å²) in [5.74, 6) is -0.151. The highest BCUT2D eigenvalue weighted by Crippen LogP contribution is 2.47. The van der Waals surface area contributed by atoms with Crippen LogP contribution in [0.2, 0.25) is 0 Å². The van der Waals surface area contributed by atoms with Gasteiger partial charge in [0.15, 0.2) is 11.5 Å². The molecule has 170 valence electrons. The van der Waals surface area contributed by atoms with Gasteiger partial charge in [0, 0.05) is 13.2 Å². The van der Waals surface area contributed by atoms with Crippen molar-refractivity contribution in [2.75, 3.05) is 20.3 Å². The van der Waals surface area contributed by atoms with E-state index in [4.69, 9.17) is 14.2 Å². The molecule has 3 aliphatic heterocycles. The zero-order valence-corrected chi connectivity index (χ0v) is 18.5. The standard InChI is InChI=1S/C25H29NO6/c1-14-5-10-19-18(12-14)22(27)20-21(15-6-8-16(9-7-15)25(29)30-2)26(24(28)23(20)32-19)13-17-4-3-11-31-17/h6-9,14,17-19,21H,3-5,10-13H2,1-2H3. The van der Waals surface area contributed by atoms with Crippen LogP contribution in [0.1, 0.15) is 61.0 Å². The third-order valence-electron chi connectivity index (χ3n) is 7.28. The van der Waals surface area contributed by atoms with Gasteiger partial charge in [-0.25, -0.2) is 4.79 Å². The van der Waals surface area contributed by atoms with Gasteiger partial charge in [0.05, 0.1) is 36.3 Å². The Morgan fingerprint density at radius 2 is 1.94 bits per heavy atom. The van der Waals surface area contributed by atoms with E-state index in [2.05, 4.69) is 6.92 Å². The molecule has 7 heteroatoms. The number of fused-ring (bicyclic) bond motifs is 1. The van der Waals surface area contributed by atoms with Gasteiger partial charge in [-0.1, -0.05) is 19.1 Å². The lowest BCUT2D eigenvalue weighted by atomic mass is 9.74. The number of nitrogens with zero attached hydrogens (tertiary/aromatic N) is 1. The topological polar surface area (TPSA) is 82.1 Å². The summed E-state index contributed by atoms with van der Waals surface area (Å²) in [4.78, 5) is 40.8. The first-order chi connectivity index (χ1) is 15.5. The SMILES string of the molecule is COC(=O)c1ccc(C2C3=C(OC4CCC(C)CC4C3=O)C(=O)N2CC2CCCO2)cc1. The smallest absolute Gasteiger partial charge is 0.337 e. The number of methoxy groups -OCH3 is 1. The summed E-state index contributed by atoms with van der Waals surface area (Å²) in [5.41, 5.74) is 1.68. The van der Waals surface area contributed by atoms with Crippen molar-refractivity contribution in [2.24, 2.45) is 11.8 Å². The van der Waals surface area contributed by atoms with E-state index in [1.54, 1.807) is 29.2 Å². The molecule has 1 saturated carbocycles. The molecule has 32 heavy (non-hydrogen) atoms. The van der Waals surface area contributed by atoms with E-state index in [1.165, 1.54) is 7.11 Å². The van der Waals surface area contributed by atoms with Crippen LogP contribution in [-0.2, 0) is 23.8 Å². The van der Waals surface area contributed by atoms with Gasteiger partial charge in [0.1, 0.15) is 6.10 Å². The van der Waals surface area contributed by atoms with E-state index < -0.39 is 12.0 Å². The van der Waals surface area contributed by atoms with Crippen molar-refractivity contribution in [2.45, 2.75) is 57.3 Å². The van der Waals surface area contributed by atoms with Gasteiger partial charge in [0.25, 0.3) is 5.91 Å². The second kappa shape index (κ2) is 8.35. The summed E-state index contributed by atoms with van der Waals surface area (Å²) in [6, 6.07) is 6.42. The normalized spacial score (nSPS) is 31.9. The largest absolute Gasteiger partial charge is 0.483 e. The molecule has 1 amide bonds. The first-order valence-electron chi connectivity index (χ1n) is 11.5. The molecule has 7 nitrogen and oxygen atoms in total. The summed E-state index contributed by atoms with van der Waals surface area (Å²) < 4.78 is 16.8. The Morgan fingerprint density at radius 3 is 2.62 bits per heavy atom. The molecule has 2 fully saturated rings. The van der Waals surface area contributed by atoms with Crippen LogP contribution in [0.15, 0.2) is 35.6 Å². The van der Waals surface area contributed by atoms with Crippen LogP contribution < -0.4 is 0 Å². The Labute approximate surface area is 187 Å². The van der Waals surface area contributed by atoms with Crippen molar-refractivity contribution in [1.29, 1.82) is 0 Å². The average molecular weight is 440 g/mol. The van der Waals surface area contributed by atoms with Crippen LogP contribution in [0.25, 0.3) is 0 Å². The van der Waals surface area contributed by atoms with Crippen molar-refractivity contribution in [3.8, 4) is 0 Å². The second-order valence-corrected chi connectivity index (χ2v) is 9.40. The third-order valence-corrected chi connectivity index (χ3v) is 7.28. The molecule has 0 spiro atoms. The monoisotopic (exact) mass is 439 g/mol. The number of benzene rings is 1. The first kappa shape index (κ1) is 21.2. The maximum atomic E-state index is 13.7. The number of carbonyl (C=O) groups is 3. The average Bonchev–Trinajstić information content (AvgIpc) is 3.41. The molecule has 5 rings (SSSR count). The summed E-state index contributed by atoms with van der Waals surface area (Å²) in [5, 5.41) is 0. The minimum absolute atomic E-state index is 0.0352. The van der Waals surface area contributed by atoms with Crippen molar-refractivity contribution in [3.05, 3.63) is 46.7 Å². The molecule has 1 aromatic carbocycles. The fraction of sp³-hybridized carbons (Fsp3) is 0.560. The lowest BCUT2D eigenvalue weighted by Gasteiger charge is -2.37. The summed E-state index contributed by atoms with van der Waals surface area (Å²) in [7, 11) is 1.34. The van der Waals surface area contributed by atoms with Gasteiger partial charge in [-0.2, -0.15) is 0 Å². The lowest BCUT2D eigenvalue weighted by Crippen LogP contribution is -2.41. The number of Topliss-reactive ketones (excluding diaryl/α,β-unsaturated/α-hetero) is 1. The Hall–Kier alpha value is -2.67. The minimum Gasteiger partial charge on any atom is -0.483 e. The van der Waals surface area contributed by atoms with Crippen molar-refractivity contribution in [3.63, 3.8) is 0 Å². The Kier molecular flexibility index (Phi) is 5.53. The van der Waals surface area contributed by atoms with E-state index in [0.717, 1.165) is 37.7 Å². The fourth-order valence-corrected chi connectivity index (χ4v) is 5.59. The number of hydrogen-bond acceptors (Lipinski definition) is 6. The van der Waals surface area contributed by atoms with E-state index in [1.807, 2.05) is 0 Å². The molecule has 5 atom stereocenters. The van der Waals surface area contributed by atoms with Gasteiger partial charge in [-0.15, -0.1) is 0 Å². The van der Waals surface area contributed by atoms with E-state index in [9.17, 15) is 14.4 Å². The molecule has 0 aromatic heterocycles. The second-order valence-electron chi connectivity index (χ2n) is 9.40. The van der Waals surface area contributed by atoms with Crippen LogP contribution >= 0.6 is 0 Å². The fourth-order valence-electron chi connectivity index (χ4n) is 5.59. The maximum Gasteiger partial charge on any atom is 0.337 e. The molecular formula is C25H29NO6. The summed E-state index contributed by atoms with van der Waals surface area (Å²) in [6.45, 7) is 3.27. The predicted octanol–water partition coefficient (Wildman–Crippen LogP) is 3.19. The number of ether oxygens (including phenoxy) is 3. The molecule has 3 heterocycles. The minimum atomic E-state index is -0.529. The van der Waals surface area contributed by atoms with Gasteiger partial charge >= 0.3 is 5.97 Å². The highest BCUT2D eigenvalue weighted by molar-refractivity contribution is 6.11. The lowest BCUT2D eigenvalue weighted by molar-refractivity contribution is -0.136. The zero-order chi connectivity index (χ0) is 22.4. The zero-order valence-electron chi connectivity index (χ0n) is 18.5. The van der Waals surface area contributed by atoms with E-state index in [-0.39, 0.29) is 35.6 Å². The first-order valence-corrected chi connectivity index (χ1v) is 11.5. The molecule has 0 radical (unpaired) electrons. The Balaban J connectivity index is 1.53. The van der Waals surface area contributed by atoms with Crippen LogP contribution in [0.4, 0.5) is 0 Å². The number of amides is 1. The van der Waals surface area contributed by atoms with Gasteiger partial charge in [0.2, 0.25) is 0 Å². The van der Waals surface area contributed by atoms with Crippen molar-refractivity contribution >= 4 is 17.7 Å². The molecule has 5 unspecified atom stereocenters. The highest BCUT2D eigenvalue weighted by Gasteiger charge is 2.52. The summed E-state index contributed by atoms with van der Waals surface area (Å²) in [6.07, 6.45) is 4.18. The molecule has 1 saturated heterocycles. The molecule has 1 aliphatic carbocycles. The molecular weight excluding hydrogens is 410 g/mol. The Bertz CT molecular complexity index is 961. The van der Waals surface area contributed by atoms with E-state index >= 15 is 0 Å².